The van der Waals surface area contributed by atoms with E-state index in [1.54, 1.807) is 6.20 Å². The van der Waals surface area contributed by atoms with Crippen molar-refractivity contribution in [2.24, 2.45) is 5.92 Å². The molecule has 0 aromatic carbocycles. The molecule has 2 rings (SSSR count). The van der Waals surface area contributed by atoms with Crippen molar-refractivity contribution in [3.8, 4) is 0 Å². The minimum absolute atomic E-state index is 0.124. The van der Waals surface area contributed by atoms with E-state index in [0.717, 1.165) is 35.8 Å². The lowest BCUT2D eigenvalue weighted by Crippen LogP contribution is -2.38. The quantitative estimate of drug-likeness (QED) is 0.764. The summed E-state index contributed by atoms with van der Waals surface area (Å²) in [6.45, 7) is 3.57. The first-order chi connectivity index (χ1) is 7.70. The first-order valence-electron chi connectivity index (χ1n) is 5.48. The topological polar surface area (TPSA) is 33.2 Å². The van der Waals surface area contributed by atoms with Gasteiger partial charge in [0.05, 0.1) is 11.2 Å². The van der Waals surface area contributed by atoms with Crippen LogP contribution in [0.5, 0.6) is 0 Å². The SMILES string of the molecule is Cc1ncc(C(=O)N2CCC(CCl)CC2)s1. The molecule has 2 heterocycles. The summed E-state index contributed by atoms with van der Waals surface area (Å²) in [5, 5.41) is 0.944. The van der Waals surface area contributed by atoms with Crippen molar-refractivity contribution in [2.45, 2.75) is 19.8 Å². The zero-order valence-electron chi connectivity index (χ0n) is 9.28. The smallest absolute Gasteiger partial charge is 0.265 e. The van der Waals surface area contributed by atoms with Gasteiger partial charge < -0.3 is 4.90 Å². The summed E-state index contributed by atoms with van der Waals surface area (Å²) in [6, 6.07) is 0. The molecular formula is C11H15ClN2OS. The lowest BCUT2D eigenvalue weighted by atomic mass is 9.99. The molecule has 1 amide bonds. The highest BCUT2D eigenvalue weighted by atomic mass is 35.5. The highest BCUT2D eigenvalue weighted by Crippen LogP contribution is 2.21. The Morgan fingerprint density at radius 3 is 2.81 bits per heavy atom. The monoisotopic (exact) mass is 258 g/mol. The molecule has 1 aromatic heterocycles. The lowest BCUT2D eigenvalue weighted by molar-refractivity contribution is 0.0703. The molecule has 0 radical (unpaired) electrons. The summed E-state index contributed by atoms with van der Waals surface area (Å²) in [5.41, 5.74) is 0. The van der Waals surface area contributed by atoms with E-state index in [-0.39, 0.29) is 5.91 Å². The molecule has 0 N–H and O–H groups in total. The van der Waals surface area contributed by atoms with Crippen LogP contribution in [0.4, 0.5) is 0 Å². The van der Waals surface area contributed by atoms with Crippen molar-refractivity contribution >= 4 is 28.8 Å². The Kier molecular flexibility index (Phi) is 3.82. The van der Waals surface area contributed by atoms with Gasteiger partial charge in [0, 0.05) is 19.0 Å². The Morgan fingerprint density at radius 1 is 1.62 bits per heavy atom. The molecule has 0 aliphatic carbocycles. The van der Waals surface area contributed by atoms with Gasteiger partial charge in [0.25, 0.3) is 5.91 Å². The number of thiazole rings is 1. The zero-order valence-corrected chi connectivity index (χ0v) is 10.9. The third-order valence-electron chi connectivity index (χ3n) is 2.95. The standard InChI is InChI=1S/C11H15ClN2OS/c1-8-13-7-10(16-8)11(15)14-4-2-9(6-12)3-5-14/h7,9H,2-6H2,1H3. The van der Waals surface area contributed by atoms with Gasteiger partial charge in [-0.05, 0) is 25.7 Å². The van der Waals surface area contributed by atoms with Crippen molar-refractivity contribution in [1.29, 1.82) is 0 Å². The van der Waals surface area contributed by atoms with Crippen molar-refractivity contribution in [2.75, 3.05) is 19.0 Å². The van der Waals surface area contributed by atoms with Crippen molar-refractivity contribution in [3.05, 3.63) is 16.1 Å². The van der Waals surface area contributed by atoms with E-state index in [0.29, 0.717) is 11.8 Å². The third kappa shape index (κ3) is 2.55. The van der Waals surface area contributed by atoms with Crippen LogP contribution in [0.2, 0.25) is 0 Å². The lowest BCUT2D eigenvalue weighted by Gasteiger charge is -2.30. The van der Waals surface area contributed by atoms with E-state index in [4.69, 9.17) is 11.6 Å². The van der Waals surface area contributed by atoms with E-state index in [9.17, 15) is 4.79 Å². The van der Waals surface area contributed by atoms with E-state index < -0.39 is 0 Å². The molecule has 0 bridgehead atoms. The number of amides is 1. The summed E-state index contributed by atoms with van der Waals surface area (Å²) in [5.74, 6) is 1.41. The number of carbonyl (C=O) groups is 1. The summed E-state index contributed by atoms with van der Waals surface area (Å²) in [7, 11) is 0. The molecule has 16 heavy (non-hydrogen) atoms. The Balaban J connectivity index is 1.96. The maximum Gasteiger partial charge on any atom is 0.265 e. The zero-order chi connectivity index (χ0) is 11.5. The Bertz CT molecular complexity index is 372. The first kappa shape index (κ1) is 11.9. The summed E-state index contributed by atoms with van der Waals surface area (Å²) in [4.78, 5) is 18.8. The molecule has 1 aliphatic heterocycles. The predicted octanol–water partition coefficient (Wildman–Crippen LogP) is 2.54. The van der Waals surface area contributed by atoms with Gasteiger partial charge in [-0.3, -0.25) is 4.79 Å². The molecule has 3 nitrogen and oxygen atoms in total. The molecule has 0 saturated carbocycles. The van der Waals surface area contributed by atoms with Crippen LogP contribution in [0.25, 0.3) is 0 Å². The van der Waals surface area contributed by atoms with Crippen LogP contribution < -0.4 is 0 Å². The molecule has 1 saturated heterocycles. The second kappa shape index (κ2) is 5.15. The predicted molar refractivity (Wildman–Crippen MR) is 66.2 cm³/mol. The number of hydrogen-bond acceptors (Lipinski definition) is 3. The Morgan fingerprint density at radius 2 is 2.31 bits per heavy atom. The number of piperidine rings is 1. The van der Waals surface area contributed by atoms with Gasteiger partial charge in [-0.1, -0.05) is 0 Å². The van der Waals surface area contributed by atoms with Gasteiger partial charge in [-0.2, -0.15) is 0 Å². The van der Waals surface area contributed by atoms with Crippen molar-refractivity contribution in [3.63, 3.8) is 0 Å². The van der Waals surface area contributed by atoms with Gasteiger partial charge >= 0.3 is 0 Å². The minimum atomic E-state index is 0.124. The van der Waals surface area contributed by atoms with Crippen molar-refractivity contribution in [1.82, 2.24) is 9.88 Å². The number of nitrogens with zero attached hydrogens (tertiary/aromatic N) is 2. The molecule has 88 valence electrons. The average Bonchev–Trinajstić information content (AvgIpc) is 2.75. The van der Waals surface area contributed by atoms with E-state index >= 15 is 0 Å². The van der Waals surface area contributed by atoms with E-state index in [1.165, 1.54) is 11.3 Å². The second-order valence-corrected chi connectivity index (χ2v) is 5.68. The van der Waals surface area contributed by atoms with Gasteiger partial charge in [0.1, 0.15) is 4.88 Å². The van der Waals surface area contributed by atoms with Crippen molar-refractivity contribution < 1.29 is 4.79 Å². The van der Waals surface area contributed by atoms with Crippen LogP contribution in [-0.4, -0.2) is 34.8 Å². The number of likely N-dealkylation sites (tertiary alicyclic amines) is 1. The fraction of sp³-hybridized carbons (Fsp3) is 0.636. The molecule has 5 heteroatoms. The number of carbonyl (C=O) groups excluding carboxylic acids is 1. The number of hydrogen-bond donors (Lipinski definition) is 0. The van der Waals surface area contributed by atoms with Gasteiger partial charge in [-0.25, -0.2) is 4.98 Å². The maximum absolute atomic E-state index is 12.1. The van der Waals surface area contributed by atoms with Gasteiger partial charge in [0.15, 0.2) is 0 Å². The minimum Gasteiger partial charge on any atom is -0.338 e. The highest BCUT2D eigenvalue weighted by molar-refractivity contribution is 7.13. The summed E-state index contributed by atoms with van der Waals surface area (Å²) < 4.78 is 0. The summed E-state index contributed by atoms with van der Waals surface area (Å²) in [6.07, 6.45) is 3.72. The van der Waals surface area contributed by atoms with E-state index in [1.807, 2.05) is 11.8 Å². The van der Waals surface area contributed by atoms with Crippen LogP contribution in [0.1, 0.15) is 27.5 Å². The second-order valence-electron chi connectivity index (χ2n) is 4.13. The highest BCUT2D eigenvalue weighted by Gasteiger charge is 2.24. The largest absolute Gasteiger partial charge is 0.338 e. The summed E-state index contributed by atoms with van der Waals surface area (Å²) >= 11 is 7.28. The van der Waals surface area contributed by atoms with E-state index in [2.05, 4.69) is 4.98 Å². The number of aromatic nitrogens is 1. The third-order valence-corrected chi connectivity index (χ3v) is 4.29. The van der Waals surface area contributed by atoms with Crippen LogP contribution in [0.15, 0.2) is 6.20 Å². The number of rotatable bonds is 2. The maximum atomic E-state index is 12.1. The van der Waals surface area contributed by atoms with Crippen LogP contribution in [0.3, 0.4) is 0 Å². The number of aryl methyl sites for hydroxylation is 1. The molecule has 1 aromatic rings. The normalized spacial score (nSPS) is 17.8. The Hall–Kier alpha value is -0.610. The number of halogens is 1. The molecular weight excluding hydrogens is 244 g/mol. The van der Waals surface area contributed by atoms with Crippen LogP contribution >= 0.6 is 22.9 Å². The fourth-order valence-electron chi connectivity index (χ4n) is 1.91. The fourth-order valence-corrected chi connectivity index (χ4v) is 2.96. The molecule has 1 aliphatic rings. The molecule has 0 unspecified atom stereocenters. The molecule has 0 spiro atoms. The van der Waals surface area contributed by atoms with Crippen LogP contribution in [-0.2, 0) is 0 Å². The molecule has 0 atom stereocenters. The molecule has 1 fully saturated rings. The Labute approximate surface area is 104 Å². The van der Waals surface area contributed by atoms with Gasteiger partial charge in [0.2, 0.25) is 0 Å². The number of alkyl halides is 1. The van der Waals surface area contributed by atoms with Gasteiger partial charge in [-0.15, -0.1) is 22.9 Å². The van der Waals surface area contributed by atoms with Crippen LogP contribution in [0, 0.1) is 12.8 Å². The average molecular weight is 259 g/mol. The first-order valence-corrected chi connectivity index (χ1v) is 6.83.